The summed E-state index contributed by atoms with van der Waals surface area (Å²) in [7, 11) is 0. The molecule has 0 heterocycles. The normalized spacial score (nSPS) is 16.9. The molecule has 0 unspecified atom stereocenters. The summed E-state index contributed by atoms with van der Waals surface area (Å²) in [4.78, 5) is 13.4. The van der Waals surface area contributed by atoms with E-state index in [4.69, 9.17) is 0 Å². The molecule has 0 radical (unpaired) electrons. The lowest BCUT2D eigenvalue weighted by atomic mass is 10.0. The van der Waals surface area contributed by atoms with Gasteiger partial charge in [0.05, 0.1) is 12.1 Å². The van der Waals surface area contributed by atoms with Crippen LogP contribution in [0.1, 0.15) is 24.0 Å². The van der Waals surface area contributed by atoms with E-state index in [9.17, 15) is 9.90 Å². The molecule has 15 heavy (non-hydrogen) atoms. The molecule has 0 atom stereocenters. The summed E-state index contributed by atoms with van der Waals surface area (Å²) >= 11 is 0. The van der Waals surface area contributed by atoms with Crippen LogP contribution < -0.4 is 0 Å². The Bertz CT molecular complexity index is 387. The topological polar surface area (TPSA) is 49.7 Å². The smallest absolute Gasteiger partial charge is 0.235 e. The quantitative estimate of drug-likeness (QED) is 0.596. The summed E-state index contributed by atoms with van der Waals surface area (Å²) in [5.41, 5.74) is 1.68. The molecule has 2 rings (SSSR count). The average Bonchev–Trinajstić information content (AvgIpc) is 2.95. The highest BCUT2D eigenvalue weighted by atomic mass is 16.3. The van der Waals surface area contributed by atoms with Gasteiger partial charge in [0.2, 0.25) is 6.08 Å². The van der Waals surface area contributed by atoms with E-state index in [2.05, 4.69) is 4.99 Å². The third-order valence-corrected chi connectivity index (χ3v) is 2.71. The Balaban J connectivity index is 2.00. The molecule has 78 valence electrons. The fourth-order valence-corrected chi connectivity index (χ4v) is 1.59. The van der Waals surface area contributed by atoms with Gasteiger partial charge >= 0.3 is 0 Å². The second-order valence-electron chi connectivity index (χ2n) is 4.13. The monoisotopic (exact) mass is 203 g/mol. The van der Waals surface area contributed by atoms with E-state index in [1.807, 2.05) is 24.3 Å². The van der Waals surface area contributed by atoms with Crippen molar-refractivity contribution >= 4 is 6.08 Å². The third kappa shape index (κ3) is 2.75. The van der Waals surface area contributed by atoms with Crippen molar-refractivity contribution in [3.05, 3.63) is 35.4 Å². The molecule has 1 fully saturated rings. The molecule has 0 spiro atoms. The van der Waals surface area contributed by atoms with Crippen molar-refractivity contribution in [2.45, 2.75) is 31.4 Å². The predicted molar refractivity (Wildman–Crippen MR) is 56.2 cm³/mol. The van der Waals surface area contributed by atoms with Crippen molar-refractivity contribution < 1.29 is 9.90 Å². The first-order chi connectivity index (χ1) is 7.22. The molecule has 0 saturated heterocycles. The van der Waals surface area contributed by atoms with Crippen LogP contribution in [-0.4, -0.2) is 16.8 Å². The molecule has 1 aromatic rings. The molecule has 1 aliphatic carbocycles. The van der Waals surface area contributed by atoms with Gasteiger partial charge in [-0.2, -0.15) is 0 Å². The van der Waals surface area contributed by atoms with Crippen molar-refractivity contribution in [2.24, 2.45) is 4.99 Å². The number of isocyanates is 1. The van der Waals surface area contributed by atoms with Crippen molar-refractivity contribution in [1.82, 2.24) is 0 Å². The molecule has 0 aromatic heterocycles. The Morgan fingerprint density at radius 2 is 1.87 bits per heavy atom. The zero-order valence-corrected chi connectivity index (χ0v) is 8.44. The minimum absolute atomic E-state index is 0.383. The van der Waals surface area contributed by atoms with Gasteiger partial charge in [0.25, 0.3) is 0 Å². The van der Waals surface area contributed by atoms with Gasteiger partial charge < -0.3 is 5.11 Å². The molecular formula is C12H13NO2. The summed E-state index contributed by atoms with van der Waals surface area (Å²) < 4.78 is 0. The molecule has 1 aromatic carbocycles. The fourth-order valence-electron chi connectivity index (χ4n) is 1.59. The summed E-state index contributed by atoms with van der Waals surface area (Å²) in [6, 6.07) is 7.82. The van der Waals surface area contributed by atoms with Crippen LogP contribution in [0.5, 0.6) is 0 Å². The van der Waals surface area contributed by atoms with Gasteiger partial charge in [-0.3, -0.25) is 0 Å². The molecule has 1 aliphatic rings. The summed E-state index contributed by atoms with van der Waals surface area (Å²) in [6.07, 6.45) is 4.05. The molecule has 1 N–H and O–H groups in total. The lowest BCUT2D eigenvalue weighted by Crippen LogP contribution is -2.10. The maximum Gasteiger partial charge on any atom is 0.235 e. The first-order valence-electron chi connectivity index (χ1n) is 5.06. The number of rotatable bonds is 4. The minimum atomic E-state index is -0.442. The van der Waals surface area contributed by atoms with Crippen molar-refractivity contribution in [3.63, 3.8) is 0 Å². The van der Waals surface area contributed by atoms with Gasteiger partial charge in [-0.25, -0.2) is 9.79 Å². The van der Waals surface area contributed by atoms with E-state index < -0.39 is 5.60 Å². The number of carbonyl (C=O) groups excluding carboxylic acids is 1. The Hall–Kier alpha value is -1.44. The number of aliphatic imine (C=N–C) groups is 1. The molecule has 0 aliphatic heterocycles. The first-order valence-corrected chi connectivity index (χ1v) is 5.06. The summed E-state index contributed by atoms with van der Waals surface area (Å²) in [5, 5.41) is 9.72. The van der Waals surface area contributed by atoms with Crippen molar-refractivity contribution in [1.29, 1.82) is 0 Å². The Kier molecular flexibility index (Phi) is 2.67. The van der Waals surface area contributed by atoms with Crippen LogP contribution >= 0.6 is 0 Å². The van der Waals surface area contributed by atoms with E-state index in [-0.39, 0.29) is 0 Å². The average molecular weight is 203 g/mol. The van der Waals surface area contributed by atoms with Gasteiger partial charge in [-0.05, 0) is 24.0 Å². The molecule has 3 heteroatoms. The summed E-state index contributed by atoms with van der Waals surface area (Å²) in [6.45, 7) is 0.383. The second-order valence-corrected chi connectivity index (χ2v) is 4.13. The van der Waals surface area contributed by atoms with Gasteiger partial charge in [0, 0.05) is 6.42 Å². The number of hydrogen-bond acceptors (Lipinski definition) is 3. The van der Waals surface area contributed by atoms with Crippen LogP contribution in [0.4, 0.5) is 0 Å². The number of hydrogen-bond donors (Lipinski definition) is 1. The highest BCUT2D eigenvalue weighted by Gasteiger charge is 2.39. The SMILES string of the molecule is O=C=NCc1ccc(CC2(O)CC2)cc1. The van der Waals surface area contributed by atoms with E-state index in [0.29, 0.717) is 6.54 Å². The third-order valence-electron chi connectivity index (χ3n) is 2.71. The number of nitrogens with zero attached hydrogens (tertiary/aromatic N) is 1. The van der Waals surface area contributed by atoms with E-state index in [1.54, 1.807) is 0 Å². The van der Waals surface area contributed by atoms with Gasteiger partial charge in [0.1, 0.15) is 0 Å². The highest BCUT2D eigenvalue weighted by molar-refractivity contribution is 5.34. The molecule has 0 amide bonds. The van der Waals surface area contributed by atoms with E-state index in [0.717, 1.165) is 30.4 Å². The molecule has 1 saturated carbocycles. The first kappa shape index (κ1) is 10.1. The lowest BCUT2D eigenvalue weighted by Gasteiger charge is -2.07. The maximum absolute atomic E-state index is 9.92. The predicted octanol–water partition coefficient (Wildman–Crippen LogP) is 1.59. The van der Waals surface area contributed by atoms with Gasteiger partial charge in [0.15, 0.2) is 0 Å². The van der Waals surface area contributed by atoms with Crippen LogP contribution in [0.2, 0.25) is 0 Å². The molecule has 0 bridgehead atoms. The van der Waals surface area contributed by atoms with Gasteiger partial charge in [-0.15, -0.1) is 0 Å². The Morgan fingerprint density at radius 1 is 1.27 bits per heavy atom. The minimum Gasteiger partial charge on any atom is -0.390 e. The number of benzene rings is 1. The van der Waals surface area contributed by atoms with Crippen LogP contribution in [0.3, 0.4) is 0 Å². The molecule has 3 nitrogen and oxygen atoms in total. The number of aliphatic hydroxyl groups is 1. The summed E-state index contributed by atoms with van der Waals surface area (Å²) in [5.74, 6) is 0. The second kappa shape index (κ2) is 3.97. The largest absolute Gasteiger partial charge is 0.390 e. The van der Waals surface area contributed by atoms with Crippen molar-refractivity contribution in [2.75, 3.05) is 0 Å². The standard InChI is InChI=1S/C12H13NO2/c14-9-13-8-11-3-1-10(2-4-11)7-12(15)5-6-12/h1-4,15H,5-8H2. The molecular weight excluding hydrogens is 190 g/mol. The Labute approximate surface area is 88.5 Å². The van der Waals surface area contributed by atoms with E-state index in [1.165, 1.54) is 6.08 Å². The van der Waals surface area contributed by atoms with Crippen molar-refractivity contribution in [3.8, 4) is 0 Å². The van der Waals surface area contributed by atoms with Crippen LogP contribution in [0, 0.1) is 0 Å². The maximum atomic E-state index is 9.92. The van der Waals surface area contributed by atoms with Gasteiger partial charge in [-0.1, -0.05) is 24.3 Å². The van der Waals surface area contributed by atoms with Crippen LogP contribution in [0.25, 0.3) is 0 Å². The zero-order valence-electron chi connectivity index (χ0n) is 8.44. The fraction of sp³-hybridized carbons (Fsp3) is 0.417. The highest BCUT2D eigenvalue weighted by Crippen LogP contribution is 2.38. The zero-order chi connectivity index (χ0) is 10.7. The van der Waals surface area contributed by atoms with E-state index >= 15 is 0 Å². The van der Waals surface area contributed by atoms with Crippen LogP contribution in [0.15, 0.2) is 29.3 Å². The Morgan fingerprint density at radius 3 is 2.40 bits per heavy atom. The lowest BCUT2D eigenvalue weighted by molar-refractivity contribution is 0.151. The van der Waals surface area contributed by atoms with Crippen LogP contribution in [-0.2, 0) is 17.8 Å².